The van der Waals surface area contributed by atoms with Gasteiger partial charge in [-0.3, -0.25) is 4.79 Å². The Kier molecular flexibility index (Phi) is 2.19. The average molecular weight is 252 g/mol. The summed E-state index contributed by atoms with van der Waals surface area (Å²) < 4.78 is 1.04. The number of aromatic amines is 1. The number of aryl methyl sites for hydroxylation is 1. The summed E-state index contributed by atoms with van der Waals surface area (Å²) in [6, 6.07) is 5.92. The number of rotatable bonds is 1. The van der Waals surface area contributed by atoms with Crippen molar-refractivity contribution in [3.8, 4) is 0 Å². The first-order valence-corrected chi connectivity index (χ1v) is 5.17. The average Bonchev–Trinajstić information content (AvgIpc) is 2.47. The molecule has 0 saturated carbocycles. The Hall–Kier alpha value is -1.09. The van der Waals surface area contributed by atoms with Gasteiger partial charge in [-0.25, -0.2) is 0 Å². The maximum atomic E-state index is 11.2. The fraction of sp³-hybridized carbons (Fsp3) is 0.182. The van der Waals surface area contributed by atoms with Gasteiger partial charge >= 0.3 is 0 Å². The number of aromatic nitrogens is 1. The second kappa shape index (κ2) is 3.24. The van der Waals surface area contributed by atoms with Crippen molar-refractivity contribution in [2.45, 2.75) is 13.8 Å². The highest BCUT2D eigenvalue weighted by molar-refractivity contribution is 9.10. The summed E-state index contributed by atoms with van der Waals surface area (Å²) in [5.41, 5.74) is 2.85. The van der Waals surface area contributed by atoms with Crippen LogP contribution in [0.25, 0.3) is 10.9 Å². The molecule has 2 aromatic rings. The second-order valence-corrected chi connectivity index (χ2v) is 4.34. The van der Waals surface area contributed by atoms with E-state index in [1.54, 1.807) is 6.92 Å². The molecule has 1 aromatic heterocycles. The summed E-state index contributed by atoms with van der Waals surface area (Å²) >= 11 is 3.43. The van der Waals surface area contributed by atoms with E-state index in [0.717, 1.165) is 20.9 Å². The Bertz CT molecular complexity index is 513. The molecule has 0 fully saturated rings. The highest BCUT2D eigenvalue weighted by atomic mass is 79.9. The third-order valence-electron chi connectivity index (χ3n) is 2.27. The summed E-state index contributed by atoms with van der Waals surface area (Å²) in [4.78, 5) is 14.3. The van der Waals surface area contributed by atoms with Crippen molar-refractivity contribution in [3.63, 3.8) is 0 Å². The second-order valence-electron chi connectivity index (χ2n) is 3.43. The molecule has 0 aliphatic carbocycles. The van der Waals surface area contributed by atoms with Gasteiger partial charge < -0.3 is 4.98 Å². The van der Waals surface area contributed by atoms with E-state index in [4.69, 9.17) is 0 Å². The van der Waals surface area contributed by atoms with Gasteiger partial charge in [-0.15, -0.1) is 0 Å². The molecule has 0 aliphatic heterocycles. The minimum Gasteiger partial charge on any atom is -0.352 e. The minimum absolute atomic E-state index is 0.0664. The lowest BCUT2D eigenvalue weighted by Gasteiger charge is -1.96. The fourth-order valence-corrected chi connectivity index (χ4v) is 2.16. The Labute approximate surface area is 90.4 Å². The van der Waals surface area contributed by atoms with E-state index in [0.29, 0.717) is 5.69 Å². The van der Waals surface area contributed by atoms with Crippen LogP contribution in [0.5, 0.6) is 0 Å². The number of carbonyl (C=O) groups is 1. The maximum absolute atomic E-state index is 11.2. The van der Waals surface area contributed by atoms with Gasteiger partial charge in [-0.2, -0.15) is 0 Å². The molecule has 1 heterocycles. The van der Waals surface area contributed by atoms with Gasteiger partial charge in [-0.1, -0.05) is 15.9 Å². The first-order chi connectivity index (χ1) is 6.58. The molecule has 0 aliphatic rings. The van der Waals surface area contributed by atoms with Gasteiger partial charge in [0.05, 0.1) is 5.69 Å². The van der Waals surface area contributed by atoms with Gasteiger partial charge in [0.2, 0.25) is 0 Å². The molecule has 0 radical (unpaired) electrons. The molecule has 3 heteroatoms. The molecule has 14 heavy (non-hydrogen) atoms. The number of hydrogen-bond donors (Lipinski definition) is 1. The van der Waals surface area contributed by atoms with Crippen LogP contribution in [0.4, 0.5) is 0 Å². The lowest BCUT2D eigenvalue weighted by atomic mass is 10.2. The monoisotopic (exact) mass is 251 g/mol. The molecular weight excluding hydrogens is 242 g/mol. The van der Waals surface area contributed by atoms with Crippen LogP contribution in [0.15, 0.2) is 22.7 Å². The van der Waals surface area contributed by atoms with Crippen molar-refractivity contribution in [2.24, 2.45) is 0 Å². The molecule has 0 saturated heterocycles. The SMILES string of the molecule is CC(=O)c1cc2cc(Br)cc(C)c2[nH]1. The van der Waals surface area contributed by atoms with Gasteiger partial charge in [0.25, 0.3) is 0 Å². The zero-order valence-corrected chi connectivity index (χ0v) is 9.60. The summed E-state index contributed by atoms with van der Waals surface area (Å²) in [5.74, 6) is 0.0664. The minimum atomic E-state index is 0.0664. The topological polar surface area (TPSA) is 32.9 Å². The Balaban J connectivity index is 2.76. The molecule has 2 nitrogen and oxygen atoms in total. The van der Waals surface area contributed by atoms with Crippen LogP contribution in [0, 0.1) is 6.92 Å². The van der Waals surface area contributed by atoms with Gasteiger partial charge in [0.15, 0.2) is 5.78 Å². The van der Waals surface area contributed by atoms with E-state index in [1.165, 1.54) is 0 Å². The Morgan fingerprint density at radius 1 is 1.36 bits per heavy atom. The smallest absolute Gasteiger partial charge is 0.175 e. The molecule has 2 rings (SSSR count). The lowest BCUT2D eigenvalue weighted by Crippen LogP contribution is -1.90. The van der Waals surface area contributed by atoms with Crippen LogP contribution < -0.4 is 0 Å². The molecule has 0 amide bonds. The van der Waals surface area contributed by atoms with Gasteiger partial charge in [-0.05, 0) is 30.7 Å². The number of Topliss-reactive ketones (excluding diaryl/α,β-unsaturated/α-hetero) is 1. The van der Waals surface area contributed by atoms with E-state index in [2.05, 4.69) is 20.9 Å². The predicted octanol–water partition coefficient (Wildman–Crippen LogP) is 3.44. The number of carbonyl (C=O) groups excluding carboxylic acids is 1. The van der Waals surface area contributed by atoms with Crippen LogP contribution in [0.2, 0.25) is 0 Å². The van der Waals surface area contributed by atoms with Crippen molar-refractivity contribution < 1.29 is 4.79 Å². The number of fused-ring (bicyclic) bond motifs is 1. The van der Waals surface area contributed by atoms with Gasteiger partial charge in [0, 0.05) is 22.3 Å². The van der Waals surface area contributed by atoms with Crippen LogP contribution >= 0.6 is 15.9 Å². The highest BCUT2D eigenvalue weighted by Crippen LogP contribution is 2.24. The van der Waals surface area contributed by atoms with Crippen LogP contribution in [0.3, 0.4) is 0 Å². The predicted molar refractivity (Wildman–Crippen MR) is 60.7 cm³/mol. The normalized spacial score (nSPS) is 10.8. The molecule has 0 bridgehead atoms. The zero-order chi connectivity index (χ0) is 10.3. The quantitative estimate of drug-likeness (QED) is 0.775. The van der Waals surface area contributed by atoms with Gasteiger partial charge in [0.1, 0.15) is 0 Å². The van der Waals surface area contributed by atoms with E-state index in [9.17, 15) is 4.79 Å². The van der Waals surface area contributed by atoms with Crippen molar-refractivity contribution in [1.82, 2.24) is 4.98 Å². The van der Waals surface area contributed by atoms with E-state index in [1.807, 2.05) is 25.1 Å². The molecule has 1 aromatic carbocycles. The number of hydrogen-bond acceptors (Lipinski definition) is 1. The fourth-order valence-electron chi connectivity index (χ4n) is 1.57. The lowest BCUT2D eigenvalue weighted by molar-refractivity contribution is 0.101. The maximum Gasteiger partial charge on any atom is 0.175 e. The first-order valence-electron chi connectivity index (χ1n) is 4.38. The van der Waals surface area contributed by atoms with Crippen molar-refractivity contribution in [2.75, 3.05) is 0 Å². The first kappa shape index (κ1) is 9.46. The standard InChI is InChI=1S/C11H10BrNO/c1-6-3-9(12)4-8-5-10(7(2)14)13-11(6)8/h3-5,13H,1-2H3. The Morgan fingerprint density at radius 3 is 2.71 bits per heavy atom. The summed E-state index contributed by atoms with van der Waals surface area (Å²) in [6.07, 6.45) is 0. The van der Waals surface area contributed by atoms with Crippen LogP contribution in [0.1, 0.15) is 23.0 Å². The number of halogens is 1. The number of benzene rings is 1. The van der Waals surface area contributed by atoms with Crippen LogP contribution in [-0.2, 0) is 0 Å². The number of H-pyrrole nitrogens is 1. The highest BCUT2D eigenvalue weighted by Gasteiger charge is 2.06. The molecule has 0 unspecified atom stereocenters. The largest absolute Gasteiger partial charge is 0.352 e. The summed E-state index contributed by atoms with van der Waals surface area (Å²) in [5, 5.41) is 1.07. The van der Waals surface area contributed by atoms with Crippen molar-refractivity contribution in [1.29, 1.82) is 0 Å². The van der Waals surface area contributed by atoms with Crippen molar-refractivity contribution >= 4 is 32.6 Å². The van der Waals surface area contributed by atoms with E-state index in [-0.39, 0.29) is 5.78 Å². The van der Waals surface area contributed by atoms with E-state index >= 15 is 0 Å². The Morgan fingerprint density at radius 2 is 2.07 bits per heavy atom. The van der Waals surface area contributed by atoms with Crippen molar-refractivity contribution in [3.05, 3.63) is 33.9 Å². The third-order valence-corrected chi connectivity index (χ3v) is 2.73. The molecule has 0 spiro atoms. The molecule has 0 atom stereocenters. The molecule has 72 valence electrons. The van der Waals surface area contributed by atoms with Crippen LogP contribution in [-0.4, -0.2) is 10.8 Å². The van der Waals surface area contributed by atoms with E-state index < -0.39 is 0 Å². The number of nitrogens with one attached hydrogen (secondary N) is 1. The molecule has 1 N–H and O–H groups in total. The summed E-state index contributed by atoms with van der Waals surface area (Å²) in [6.45, 7) is 3.59. The summed E-state index contributed by atoms with van der Waals surface area (Å²) in [7, 11) is 0. The third kappa shape index (κ3) is 1.48. The zero-order valence-electron chi connectivity index (χ0n) is 8.02. The molecular formula is C11H10BrNO. The number of ketones is 1.